The predicted molar refractivity (Wildman–Crippen MR) is 93.8 cm³/mol. The van der Waals surface area contributed by atoms with Gasteiger partial charge < -0.3 is 5.11 Å². The van der Waals surface area contributed by atoms with E-state index >= 15 is 0 Å². The minimum Gasteiger partial charge on any atom is -0.502 e. The summed E-state index contributed by atoms with van der Waals surface area (Å²) in [5, 5.41) is 25.8. The van der Waals surface area contributed by atoms with Gasteiger partial charge in [-0.1, -0.05) is 23.7 Å². The van der Waals surface area contributed by atoms with Gasteiger partial charge in [0.15, 0.2) is 0 Å². The Kier molecular flexibility index (Phi) is 5.73. The lowest BCUT2D eigenvalue weighted by atomic mass is 10.1. The second-order valence-corrected chi connectivity index (χ2v) is 7.09. The zero-order valence-corrected chi connectivity index (χ0v) is 14.4. The Morgan fingerprint density at radius 3 is 2.48 bits per heavy atom. The lowest BCUT2D eigenvalue weighted by molar-refractivity contribution is -0.385. The van der Waals surface area contributed by atoms with E-state index in [1.54, 1.807) is 12.1 Å². The van der Waals surface area contributed by atoms with E-state index in [0.717, 1.165) is 11.6 Å². The third-order valence-corrected chi connectivity index (χ3v) is 4.44. The number of phenolic OH excluding ortho intramolecular Hbond substituents is 1. The van der Waals surface area contributed by atoms with E-state index < -0.39 is 26.4 Å². The molecule has 0 fully saturated rings. The topological polar surface area (TPSA) is 136 Å². The molecular formula is C15H14ClN3O5S. The van der Waals surface area contributed by atoms with Gasteiger partial charge in [-0.3, -0.25) is 15.1 Å². The van der Waals surface area contributed by atoms with Crippen LogP contribution in [0.5, 0.6) is 5.75 Å². The quantitative estimate of drug-likeness (QED) is 0.448. The molecule has 3 N–H and O–H groups in total. The Hall–Kier alpha value is -2.49. The molecule has 2 rings (SSSR count). The molecule has 2 aromatic rings. The van der Waals surface area contributed by atoms with Gasteiger partial charge in [-0.25, -0.2) is 13.6 Å². The lowest BCUT2D eigenvalue weighted by Crippen LogP contribution is -2.11. The Bertz CT molecular complexity index is 927. The highest BCUT2D eigenvalue weighted by Gasteiger charge is 2.17. The molecule has 10 heteroatoms. The summed E-state index contributed by atoms with van der Waals surface area (Å²) in [6.07, 6.45) is 1.80. The molecule has 0 aliphatic rings. The summed E-state index contributed by atoms with van der Waals surface area (Å²) in [5.74, 6) is -0.504. The van der Waals surface area contributed by atoms with Gasteiger partial charge in [-0.05, 0) is 30.2 Å². The van der Waals surface area contributed by atoms with Crippen molar-refractivity contribution in [2.24, 2.45) is 10.1 Å². The van der Waals surface area contributed by atoms with Gasteiger partial charge in [0, 0.05) is 29.4 Å². The summed E-state index contributed by atoms with van der Waals surface area (Å²) in [6.45, 7) is 0.328. The van der Waals surface area contributed by atoms with E-state index in [1.807, 2.05) is 0 Å². The molecule has 25 heavy (non-hydrogen) atoms. The van der Waals surface area contributed by atoms with Crippen LogP contribution in [0, 0.1) is 10.1 Å². The van der Waals surface area contributed by atoms with Crippen LogP contribution in [0.25, 0.3) is 0 Å². The Morgan fingerprint density at radius 2 is 1.92 bits per heavy atom. The normalized spacial score (nSPS) is 11.8. The van der Waals surface area contributed by atoms with E-state index in [9.17, 15) is 23.6 Å². The number of nitro benzene ring substituents is 1. The lowest BCUT2D eigenvalue weighted by Gasteiger charge is -2.02. The first kappa shape index (κ1) is 18.8. The smallest absolute Gasteiger partial charge is 0.312 e. The molecule has 0 spiro atoms. The Labute approximate surface area is 148 Å². The average Bonchev–Trinajstić information content (AvgIpc) is 2.53. The van der Waals surface area contributed by atoms with Gasteiger partial charge in [0.25, 0.3) is 0 Å². The third kappa shape index (κ3) is 4.99. The molecule has 0 aliphatic carbocycles. The minimum atomic E-state index is -3.73. The van der Waals surface area contributed by atoms with Crippen LogP contribution in [-0.4, -0.2) is 31.2 Å². The van der Waals surface area contributed by atoms with Crippen LogP contribution < -0.4 is 5.14 Å². The fourth-order valence-electron chi connectivity index (χ4n) is 2.05. The molecule has 0 aromatic heterocycles. The van der Waals surface area contributed by atoms with Crippen molar-refractivity contribution in [2.45, 2.75) is 11.3 Å². The van der Waals surface area contributed by atoms with Gasteiger partial charge in [0.2, 0.25) is 15.8 Å². The zero-order chi connectivity index (χ0) is 18.6. The Morgan fingerprint density at radius 1 is 1.28 bits per heavy atom. The summed E-state index contributed by atoms with van der Waals surface area (Å²) in [7, 11) is -3.73. The maximum Gasteiger partial charge on any atom is 0.312 e. The first-order valence-corrected chi connectivity index (χ1v) is 8.89. The molecule has 0 saturated heterocycles. The molecule has 0 bridgehead atoms. The minimum absolute atomic E-state index is 0.0240. The molecule has 0 atom stereocenters. The third-order valence-electron chi connectivity index (χ3n) is 3.29. The van der Waals surface area contributed by atoms with Gasteiger partial charge in [0.1, 0.15) is 0 Å². The number of phenols is 1. The molecule has 0 amide bonds. The SMILES string of the molecule is NS(=O)(=O)c1ccc(CCN=Cc2cc(Cl)cc([N+](=O)[O-])c2O)cc1. The van der Waals surface area contributed by atoms with Crippen LogP contribution in [0.4, 0.5) is 5.69 Å². The number of hydrogen-bond donors (Lipinski definition) is 2. The van der Waals surface area contributed by atoms with Crippen molar-refractivity contribution >= 4 is 33.5 Å². The maximum atomic E-state index is 11.2. The monoisotopic (exact) mass is 383 g/mol. The van der Waals surface area contributed by atoms with E-state index in [4.69, 9.17) is 16.7 Å². The highest BCUT2D eigenvalue weighted by molar-refractivity contribution is 7.89. The van der Waals surface area contributed by atoms with Crippen molar-refractivity contribution in [3.63, 3.8) is 0 Å². The van der Waals surface area contributed by atoms with Crippen molar-refractivity contribution in [1.29, 1.82) is 0 Å². The first-order valence-electron chi connectivity index (χ1n) is 6.97. The van der Waals surface area contributed by atoms with Crippen LogP contribution in [0.1, 0.15) is 11.1 Å². The standard InChI is InChI=1S/C15H14ClN3O5S/c16-12-7-11(15(20)14(8-12)19(21)22)9-18-6-5-10-1-3-13(4-2-10)25(17,23)24/h1-4,7-9,20H,5-6H2,(H2,17,23,24). The number of primary sulfonamides is 1. The van der Waals surface area contributed by atoms with Crippen LogP contribution in [0.2, 0.25) is 5.02 Å². The summed E-state index contributed by atoms with van der Waals surface area (Å²) in [6, 6.07) is 8.48. The molecule has 0 saturated carbocycles. The van der Waals surface area contributed by atoms with Gasteiger partial charge in [-0.2, -0.15) is 0 Å². The largest absolute Gasteiger partial charge is 0.502 e. The average molecular weight is 384 g/mol. The number of aliphatic imine (C=N–C) groups is 1. The number of halogens is 1. The first-order chi connectivity index (χ1) is 11.7. The fourth-order valence-corrected chi connectivity index (χ4v) is 2.78. The number of benzene rings is 2. The van der Waals surface area contributed by atoms with E-state index in [2.05, 4.69) is 4.99 Å². The van der Waals surface area contributed by atoms with Crippen LogP contribution in [0.3, 0.4) is 0 Å². The molecular weight excluding hydrogens is 370 g/mol. The number of rotatable bonds is 6. The van der Waals surface area contributed by atoms with Crippen LogP contribution >= 0.6 is 11.6 Å². The number of sulfonamides is 1. The van der Waals surface area contributed by atoms with E-state index in [1.165, 1.54) is 24.4 Å². The van der Waals surface area contributed by atoms with E-state index in [0.29, 0.717) is 13.0 Å². The highest BCUT2D eigenvalue weighted by atomic mass is 35.5. The molecule has 8 nitrogen and oxygen atoms in total. The molecule has 2 aromatic carbocycles. The van der Waals surface area contributed by atoms with Crippen LogP contribution in [0.15, 0.2) is 46.3 Å². The predicted octanol–water partition coefficient (Wildman–Crippen LogP) is 2.26. The molecule has 0 radical (unpaired) electrons. The number of hydrogen-bond acceptors (Lipinski definition) is 6. The van der Waals surface area contributed by atoms with Gasteiger partial charge >= 0.3 is 5.69 Å². The second-order valence-electron chi connectivity index (χ2n) is 5.09. The molecule has 0 unspecified atom stereocenters. The number of nitro groups is 1. The highest BCUT2D eigenvalue weighted by Crippen LogP contribution is 2.32. The van der Waals surface area contributed by atoms with Crippen LogP contribution in [-0.2, 0) is 16.4 Å². The van der Waals surface area contributed by atoms with Crippen molar-refractivity contribution in [2.75, 3.05) is 6.54 Å². The number of nitrogens with zero attached hydrogens (tertiary/aromatic N) is 2. The molecule has 132 valence electrons. The maximum absolute atomic E-state index is 11.2. The molecule has 0 aliphatic heterocycles. The van der Waals surface area contributed by atoms with Crippen molar-refractivity contribution < 1.29 is 18.4 Å². The summed E-state index contributed by atoms with van der Waals surface area (Å²) < 4.78 is 22.3. The number of aromatic hydroxyl groups is 1. The van der Waals surface area contributed by atoms with Crippen molar-refractivity contribution in [1.82, 2.24) is 0 Å². The van der Waals surface area contributed by atoms with Crippen molar-refractivity contribution in [3.8, 4) is 5.75 Å². The second kappa shape index (κ2) is 7.60. The van der Waals surface area contributed by atoms with Gasteiger partial charge in [0.05, 0.1) is 9.82 Å². The molecule has 0 heterocycles. The summed E-state index contributed by atoms with van der Waals surface area (Å²) in [5.41, 5.74) is 0.488. The zero-order valence-electron chi connectivity index (χ0n) is 12.8. The fraction of sp³-hybridized carbons (Fsp3) is 0.133. The van der Waals surface area contributed by atoms with Gasteiger partial charge in [-0.15, -0.1) is 0 Å². The van der Waals surface area contributed by atoms with E-state index in [-0.39, 0.29) is 15.5 Å². The summed E-state index contributed by atoms with van der Waals surface area (Å²) in [4.78, 5) is 14.2. The number of nitrogens with two attached hydrogens (primary N) is 1. The summed E-state index contributed by atoms with van der Waals surface area (Å²) >= 11 is 5.79. The Balaban J connectivity index is 2.06. The van der Waals surface area contributed by atoms with Crippen molar-refractivity contribution in [3.05, 3.63) is 62.7 Å².